The van der Waals surface area contributed by atoms with Gasteiger partial charge in [-0.15, -0.1) is 0 Å². The fraction of sp³-hybridized carbons (Fsp3) is 0.333. The third-order valence-corrected chi connectivity index (χ3v) is 3.56. The molecule has 19 heavy (non-hydrogen) atoms. The number of carbonyl (C=O) groups excluding carboxylic acids is 1. The van der Waals surface area contributed by atoms with Crippen molar-refractivity contribution in [1.29, 1.82) is 0 Å². The number of nitrogens with one attached hydrogen (secondary N) is 1. The van der Waals surface area contributed by atoms with E-state index in [1.165, 1.54) is 11.3 Å². The minimum atomic E-state index is -0.0871. The van der Waals surface area contributed by atoms with E-state index in [1.54, 1.807) is 25.3 Å². The second-order valence-corrected chi connectivity index (χ2v) is 5.11. The van der Waals surface area contributed by atoms with Gasteiger partial charge in [-0.25, -0.2) is 4.98 Å². The van der Waals surface area contributed by atoms with Gasteiger partial charge in [0.25, 0.3) is 0 Å². The van der Waals surface area contributed by atoms with E-state index in [9.17, 15) is 4.79 Å². The fourth-order valence-corrected chi connectivity index (χ4v) is 2.46. The molecule has 0 bridgehead atoms. The van der Waals surface area contributed by atoms with Crippen LogP contribution in [0.4, 0.5) is 10.8 Å². The smallest absolute Gasteiger partial charge is 0.227 e. The molecule has 0 aliphatic carbocycles. The summed E-state index contributed by atoms with van der Waals surface area (Å²) in [5, 5.41) is 4.96. The van der Waals surface area contributed by atoms with Crippen LogP contribution in [0.25, 0.3) is 10.2 Å². The van der Waals surface area contributed by atoms with E-state index in [4.69, 9.17) is 10.6 Å². The summed E-state index contributed by atoms with van der Waals surface area (Å²) in [5.41, 5.74) is 7.23. The van der Waals surface area contributed by atoms with Crippen LogP contribution in [0.5, 0.6) is 0 Å². The molecule has 0 aliphatic rings. The number of aromatic nitrogens is 1. The molecule has 0 fully saturated rings. The molecular formula is C12H16N4O2S. The van der Waals surface area contributed by atoms with Crippen molar-refractivity contribution in [2.24, 2.45) is 0 Å². The number of thiazole rings is 1. The molecule has 1 heterocycles. The van der Waals surface area contributed by atoms with E-state index < -0.39 is 0 Å². The van der Waals surface area contributed by atoms with Crippen molar-refractivity contribution in [3.8, 4) is 0 Å². The van der Waals surface area contributed by atoms with Crippen molar-refractivity contribution in [3.05, 3.63) is 18.2 Å². The molecule has 6 nitrogen and oxygen atoms in total. The number of nitrogens with two attached hydrogens (primary N) is 1. The maximum atomic E-state index is 11.7. The number of rotatable bonds is 5. The molecule has 102 valence electrons. The molecule has 0 aliphatic heterocycles. The Morgan fingerprint density at radius 1 is 1.58 bits per heavy atom. The van der Waals surface area contributed by atoms with Crippen molar-refractivity contribution in [1.82, 2.24) is 10.0 Å². The minimum absolute atomic E-state index is 0.0871. The van der Waals surface area contributed by atoms with Crippen LogP contribution in [0.15, 0.2) is 18.2 Å². The highest BCUT2D eigenvalue weighted by atomic mass is 32.1. The Morgan fingerprint density at radius 3 is 3.11 bits per heavy atom. The highest BCUT2D eigenvalue weighted by Gasteiger charge is 2.09. The Balaban J connectivity index is 1.99. The summed E-state index contributed by atoms with van der Waals surface area (Å²) in [6.45, 7) is 0.528. The van der Waals surface area contributed by atoms with Gasteiger partial charge in [0.1, 0.15) is 0 Å². The molecule has 0 unspecified atom stereocenters. The lowest BCUT2D eigenvalue weighted by Crippen LogP contribution is -2.23. The molecule has 7 heteroatoms. The first-order valence-electron chi connectivity index (χ1n) is 5.79. The van der Waals surface area contributed by atoms with Gasteiger partial charge in [0, 0.05) is 25.7 Å². The number of nitrogen functional groups attached to an aromatic ring is 1. The number of fused-ring (bicyclic) bond motifs is 1. The first kappa shape index (κ1) is 13.7. The molecule has 3 N–H and O–H groups in total. The van der Waals surface area contributed by atoms with Crippen LogP contribution in [-0.2, 0) is 9.63 Å². The molecule has 2 rings (SSSR count). The molecule has 0 radical (unpaired) electrons. The standard InChI is InChI=1S/C12H16N4O2S/c1-16(18-2)6-5-11(17)15-12-14-9-4-3-8(13)7-10(9)19-12/h3-4,7H,5-6,13H2,1-2H3,(H,14,15,17). The fourth-order valence-electron chi connectivity index (χ4n) is 1.53. The largest absolute Gasteiger partial charge is 0.399 e. The van der Waals surface area contributed by atoms with Crippen molar-refractivity contribution in [2.45, 2.75) is 6.42 Å². The number of benzene rings is 1. The number of hydrogen-bond donors (Lipinski definition) is 2. The number of hydrogen-bond acceptors (Lipinski definition) is 6. The lowest BCUT2D eigenvalue weighted by Gasteiger charge is -2.12. The van der Waals surface area contributed by atoms with Crippen molar-refractivity contribution in [2.75, 3.05) is 31.8 Å². The zero-order valence-electron chi connectivity index (χ0n) is 10.8. The highest BCUT2D eigenvalue weighted by Crippen LogP contribution is 2.27. The van der Waals surface area contributed by atoms with Crippen molar-refractivity contribution < 1.29 is 9.63 Å². The molecule has 2 aromatic rings. The number of nitrogens with zero attached hydrogens (tertiary/aromatic N) is 2. The summed E-state index contributed by atoms with van der Waals surface area (Å²) in [6, 6.07) is 5.48. The molecule has 0 saturated carbocycles. The highest BCUT2D eigenvalue weighted by molar-refractivity contribution is 7.22. The van der Waals surface area contributed by atoms with Crippen LogP contribution < -0.4 is 11.1 Å². The van der Waals surface area contributed by atoms with Gasteiger partial charge in [-0.1, -0.05) is 11.3 Å². The lowest BCUT2D eigenvalue weighted by atomic mass is 10.3. The summed E-state index contributed by atoms with van der Waals surface area (Å²) in [7, 11) is 3.34. The van der Waals surface area contributed by atoms with Crippen LogP contribution in [0.1, 0.15) is 6.42 Å². The first-order chi connectivity index (χ1) is 9.08. The average molecular weight is 280 g/mol. The molecule has 0 atom stereocenters. The minimum Gasteiger partial charge on any atom is -0.399 e. The molecule has 1 aromatic carbocycles. The molecule has 0 saturated heterocycles. The van der Waals surface area contributed by atoms with Crippen LogP contribution in [0.3, 0.4) is 0 Å². The SMILES string of the molecule is CON(C)CCC(=O)Nc1nc2ccc(N)cc2s1. The Morgan fingerprint density at radius 2 is 2.37 bits per heavy atom. The van der Waals surface area contributed by atoms with Crippen LogP contribution in [0, 0.1) is 0 Å². The monoisotopic (exact) mass is 280 g/mol. The van der Waals surface area contributed by atoms with Gasteiger partial charge in [-0.05, 0) is 18.2 Å². The maximum absolute atomic E-state index is 11.7. The Bertz CT molecular complexity index is 584. The summed E-state index contributed by atoms with van der Waals surface area (Å²) in [6.07, 6.45) is 0.350. The molecule has 0 spiro atoms. The Labute approximate surface area is 115 Å². The zero-order chi connectivity index (χ0) is 13.8. The molecule has 1 amide bonds. The average Bonchev–Trinajstić information content (AvgIpc) is 2.77. The second kappa shape index (κ2) is 5.96. The van der Waals surface area contributed by atoms with Crippen LogP contribution in [-0.4, -0.2) is 36.7 Å². The predicted octanol–water partition coefficient (Wildman–Crippen LogP) is 1.70. The first-order valence-corrected chi connectivity index (χ1v) is 6.61. The zero-order valence-corrected chi connectivity index (χ0v) is 11.7. The van der Waals surface area contributed by atoms with Crippen molar-refractivity contribution >= 4 is 38.3 Å². The second-order valence-electron chi connectivity index (χ2n) is 4.08. The van der Waals surface area contributed by atoms with Gasteiger partial charge < -0.3 is 15.9 Å². The summed E-state index contributed by atoms with van der Waals surface area (Å²) < 4.78 is 0.962. The van der Waals surface area contributed by atoms with E-state index in [-0.39, 0.29) is 5.91 Å². The van der Waals surface area contributed by atoms with E-state index in [0.29, 0.717) is 23.8 Å². The normalized spacial score (nSPS) is 11.1. The Hall–Kier alpha value is -1.70. The van der Waals surface area contributed by atoms with E-state index >= 15 is 0 Å². The number of anilines is 2. The quantitative estimate of drug-likeness (QED) is 0.643. The number of hydroxylamine groups is 2. The van der Waals surface area contributed by atoms with E-state index in [0.717, 1.165) is 10.2 Å². The van der Waals surface area contributed by atoms with Gasteiger partial charge in [0.05, 0.1) is 17.3 Å². The number of carbonyl (C=O) groups is 1. The third kappa shape index (κ3) is 3.63. The van der Waals surface area contributed by atoms with E-state index in [2.05, 4.69) is 10.3 Å². The number of amides is 1. The Kier molecular flexibility index (Phi) is 4.31. The van der Waals surface area contributed by atoms with Crippen LogP contribution >= 0.6 is 11.3 Å². The molecule has 1 aromatic heterocycles. The van der Waals surface area contributed by atoms with Gasteiger partial charge in [0.2, 0.25) is 5.91 Å². The van der Waals surface area contributed by atoms with Gasteiger partial charge in [0.15, 0.2) is 5.13 Å². The third-order valence-electron chi connectivity index (χ3n) is 2.62. The topological polar surface area (TPSA) is 80.5 Å². The molecular weight excluding hydrogens is 264 g/mol. The predicted molar refractivity (Wildman–Crippen MR) is 76.9 cm³/mol. The summed E-state index contributed by atoms with van der Waals surface area (Å²) >= 11 is 1.41. The van der Waals surface area contributed by atoms with Crippen LogP contribution in [0.2, 0.25) is 0 Å². The summed E-state index contributed by atoms with van der Waals surface area (Å²) in [4.78, 5) is 21.0. The van der Waals surface area contributed by atoms with Gasteiger partial charge >= 0.3 is 0 Å². The lowest BCUT2D eigenvalue weighted by molar-refractivity contribution is -0.126. The van der Waals surface area contributed by atoms with Gasteiger partial charge in [-0.3, -0.25) is 4.79 Å². The summed E-state index contributed by atoms with van der Waals surface area (Å²) in [5.74, 6) is -0.0871. The van der Waals surface area contributed by atoms with Gasteiger partial charge in [-0.2, -0.15) is 5.06 Å². The maximum Gasteiger partial charge on any atom is 0.227 e. The van der Waals surface area contributed by atoms with E-state index in [1.807, 2.05) is 12.1 Å². The van der Waals surface area contributed by atoms with Crippen molar-refractivity contribution in [3.63, 3.8) is 0 Å².